The lowest BCUT2D eigenvalue weighted by molar-refractivity contribution is -0.123. The number of hydrogen-bond donors (Lipinski definition) is 0. The third-order valence-corrected chi connectivity index (χ3v) is 9.17. The molecule has 0 saturated carbocycles. The number of halogens is 1. The van der Waals surface area contributed by atoms with E-state index in [4.69, 9.17) is 0 Å². The fourth-order valence-electron chi connectivity index (χ4n) is 5.83. The Morgan fingerprint density at radius 1 is 1.03 bits per heavy atom. The number of anilines is 1. The zero-order chi connectivity index (χ0) is 25.3. The van der Waals surface area contributed by atoms with Crippen LogP contribution in [0.5, 0.6) is 0 Å². The van der Waals surface area contributed by atoms with Crippen LogP contribution in [0.4, 0.5) is 10.1 Å². The average molecular weight is 506 g/mol. The van der Waals surface area contributed by atoms with E-state index >= 15 is 0 Å². The van der Waals surface area contributed by atoms with Crippen molar-refractivity contribution < 1.29 is 14.0 Å². The number of carbonyl (C=O) groups is 2. The van der Waals surface area contributed by atoms with E-state index in [1.807, 2.05) is 47.0 Å². The van der Waals surface area contributed by atoms with Crippen molar-refractivity contribution >= 4 is 40.0 Å². The highest BCUT2D eigenvalue weighted by molar-refractivity contribution is 7.99. The van der Waals surface area contributed by atoms with Gasteiger partial charge in [0.05, 0.1) is 22.2 Å². The lowest BCUT2D eigenvalue weighted by Gasteiger charge is -2.42. The maximum atomic E-state index is 14.4. The van der Waals surface area contributed by atoms with E-state index in [9.17, 15) is 14.0 Å². The van der Waals surface area contributed by atoms with Crippen molar-refractivity contribution in [2.24, 2.45) is 0 Å². The Morgan fingerprint density at radius 3 is 2.36 bits per heavy atom. The van der Waals surface area contributed by atoms with Gasteiger partial charge in [0.1, 0.15) is 11.6 Å². The number of piperidine rings is 2. The van der Waals surface area contributed by atoms with Crippen LogP contribution in [0.25, 0.3) is 10.9 Å². The molecular weight excluding hydrogens is 473 g/mol. The summed E-state index contributed by atoms with van der Waals surface area (Å²) in [6.45, 7) is 4.30. The standard InChI is InChI=1S/C29H32FN3O2S/c1-20(34)29(21-6-4-3-5-7-21)12-16-32(17-13-29)27-24-18-22(30)8-9-26(24)31-19-25(27)28(35)33-14-10-23(36-2)11-15-33/h3-9,18-19,23H,10-17H2,1-2H3. The van der Waals surface area contributed by atoms with Crippen molar-refractivity contribution in [3.05, 3.63) is 71.7 Å². The highest BCUT2D eigenvalue weighted by Crippen LogP contribution is 2.40. The smallest absolute Gasteiger partial charge is 0.257 e. The van der Waals surface area contributed by atoms with E-state index in [1.54, 1.807) is 19.2 Å². The fourth-order valence-corrected chi connectivity index (χ4v) is 6.51. The SMILES string of the molecule is CSC1CCN(C(=O)c2cnc3ccc(F)cc3c2N2CCC(C(C)=O)(c3ccccc3)CC2)CC1. The van der Waals surface area contributed by atoms with Gasteiger partial charge in [0.25, 0.3) is 5.91 Å². The van der Waals surface area contributed by atoms with Crippen molar-refractivity contribution in [1.29, 1.82) is 0 Å². The molecule has 3 heterocycles. The number of pyridine rings is 1. The van der Waals surface area contributed by atoms with Gasteiger partial charge in [-0.15, -0.1) is 0 Å². The Morgan fingerprint density at radius 2 is 1.72 bits per heavy atom. The average Bonchev–Trinajstić information content (AvgIpc) is 2.92. The second-order valence-electron chi connectivity index (χ2n) is 9.90. The molecule has 0 aliphatic carbocycles. The van der Waals surface area contributed by atoms with Gasteiger partial charge in [-0.3, -0.25) is 14.6 Å². The number of amides is 1. The Kier molecular flexibility index (Phi) is 7.02. The molecule has 2 aliphatic rings. The molecule has 0 N–H and O–H groups in total. The van der Waals surface area contributed by atoms with Gasteiger partial charge >= 0.3 is 0 Å². The molecular formula is C29H32FN3O2S. The normalized spacial score (nSPS) is 18.4. The zero-order valence-electron chi connectivity index (χ0n) is 20.9. The third-order valence-electron chi connectivity index (χ3n) is 8.03. The monoisotopic (exact) mass is 505 g/mol. The van der Waals surface area contributed by atoms with Crippen molar-refractivity contribution in [1.82, 2.24) is 9.88 Å². The van der Waals surface area contributed by atoms with Gasteiger partial charge in [-0.2, -0.15) is 11.8 Å². The minimum absolute atomic E-state index is 0.0466. The van der Waals surface area contributed by atoms with Crippen LogP contribution in [0.1, 0.15) is 48.5 Å². The number of thioether (sulfide) groups is 1. The number of hydrogen-bond acceptors (Lipinski definition) is 5. The third kappa shape index (κ3) is 4.49. The zero-order valence-corrected chi connectivity index (χ0v) is 21.7. The summed E-state index contributed by atoms with van der Waals surface area (Å²) in [5.74, 6) is -0.239. The molecule has 0 unspecified atom stereocenters. The summed E-state index contributed by atoms with van der Waals surface area (Å²) >= 11 is 1.86. The van der Waals surface area contributed by atoms with Crippen LogP contribution in [-0.2, 0) is 10.2 Å². The first kappa shape index (κ1) is 24.8. The van der Waals surface area contributed by atoms with Crippen LogP contribution in [0.2, 0.25) is 0 Å². The van der Waals surface area contributed by atoms with Gasteiger partial charge < -0.3 is 9.80 Å². The van der Waals surface area contributed by atoms with Crippen molar-refractivity contribution in [2.75, 3.05) is 37.3 Å². The maximum Gasteiger partial charge on any atom is 0.257 e. The lowest BCUT2D eigenvalue weighted by atomic mass is 9.70. The predicted molar refractivity (Wildman–Crippen MR) is 144 cm³/mol. The van der Waals surface area contributed by atoms with E-state index in [-0.39, 0.29) is 17.5 Å². The molecule has 2 saturated heterocycles. The Labute approximate surface area is 216 Å². The first-order chi connectivity index (χ1) is 17.4. The Hall–Kier alpha value is -2.93. The predicted octanol–water partition coefficient (Wildman–Crippen LogP) is 5.47. The molecule has 36 heavy (non-hydrogen) atoms. The molecule has 3 aromatic rings. The molecule has 1 aromatic heterocycles. The molecule has 0 radical (unpaired) electrons. The molecule has 0 bridgehead atoms. The number of carbonyl (C=O) groups excluding carboxylic acids is 2. The molecule has 0 spiro atoms. The number of ketones is 1. The summed E-state index contributed by atoms with van der Waals surface area (Å²) in [7, 11) is 0. The second kappa shape index (κ2) is 10.2. The van der Waals surface area contributed by atoms with Crippen molar-refractivity contribution in [2.45, 2.75) is 43.3 Å². The van der Waals surface area contributed by atoms with Crippen LogP contribution >= 0.6 is 11.8 Å². The van der Waals surface area contributed by atoms with Crippen LogP contribution in [0.3, 0.4) is 0 Å². The summed E-state index contributed by atoms with van der Waals surface area (Å²) in [5.41, 5.74) is 2.41. The van der Waals surface area contributed by atoms with Crippen LogP contribution in [-0.4, -0.2) is 59.3 Å². The number of aromatic nitrogens is 1. The first-order valence-electron chi connectivity index (χ1n) is 12.6. The molecule has 5 rings (SSSR count). The van der Waals surface area contributed by atoms with Crippen molar-refractivity contribution in [3.8, 4) is 0 Å². The van der Waals surface area contributed by atoms with Gasteiger partial charge in [0.2, 0.25) is 0 Å². The molecule has 2 fully saturated rings. The molecule has 0 atom stereocenters. The van der Waals surface area contributed by atoms with E-state index in [0.29, 0.717) is 60.7 Å². The number of Topliss-reactive ketones (excluding diaryl/α,β-unsaturated/α-hetero) is 1. The topological polar surface area (TPSA) is 53.5 Å². The molecule has 2 aliphatic heterocycles. The maximum absolute atomic E-state index is 14.4. The van der Waals surface area contributed by atoms with E-state index in [0.717, 1.165) is 24.1 Å². The van der Waals surface area contributed by atoms with Gasteiger partial charge in [0.15, 0.2) is 0 Å². The Bertz CT molecular complexity index is 1270. The van der Waals surface area contributed by atoms with Gasteiger partial charge in [-0.05, 0) is 62.6 Å². The number of nitrogens with zero attached hydrogens (tertiary/aromatic N) is 3. The molecule has 2 aromatic carbocycles. The lowest BCUT2D eigenvalue weighted by Crippen LogP contribution is -2.47. The fraction of sp³-hybridized carbons (Fsp3) is 0.414. The van der Waals surface area contributed by atoms with Crippen LogP contribution < -0.4 is 4.90 Å². The Balaban J connectivity index is 1.51. The number of rotatable bonds is 5. The van der Waals surface area contributed by atoms with Crippen molar-refractivity contribution in [3.63, 3.8) is 0 Å². The molecule has 7 heteroatoms. The first-order valence-corrected chi connectivity index (χ1v) is 13.9. The summed E-state index contributed by atoms with van der Waals surface area (Å²) < 4.78 is 14.4. The second-order valence-corrected chi connectivity index (χ2v) is 11.0. The van der Waals surface area contributed by atoms with Crippen LogP contribution in [0, 0.1) is 5.82 Å². The summed E-state index contributed by atoms with van der Waals surface area (Å²) in [6.07, 6.45) is 6.99. The van der Waals surface area contributed by atoms with Crippen LogP contribution in [0.15, 0.2) is 54.7 Å². The number of likely N-dealkylation sites (tertiary alicyclic amines) is 1. The van der Waals surface area contributed by atoms with Gasteiger partial charge in [0, 0.05) is 43.0 Å². The summed E-state index contributed by atoms with van der Waals surface area (Å²) in [5, 5.41) is 1.23. The minimum Gasteiger partial charge on any atom is -0.370 e. The molecule has 5 nitrogen and oxygen atoms in total. The summed E-state index contributed by atoms with van der Waals surface area (Å²) in [4.78, 5) is 35.3. The number of benzene rings is 2. The quantitative estimate of drug-likeness (QED) is 0.460. The highest BCUT2D eigenvalue weighted by atomic mass is 32.2. The van der Waals surface area contributed by atoms with E-state index < -0.39 is 5.41 Å². The van der Waals surface area contributed by atoms with E-state index in [2.05, 4.69) is 16.1 Å². The van der Waals surface area contributed by atoms with Gasteiger partial charge in [-0.25, -0.2) is 4.39 Å². The highest BCUT2D eigenvalue weighted by Gasteiger charge is 2.41. The van der Waals surface area contributed by atoms with Gasteiger partial charge in [-0.1, -0.05) is 30.3 Å². The molecule has 188 valence electrons. The molecule has 1 amide bonds. The summed E-state index contributed by atoms with van der Waals surface area (Å²) in [6, 6.07) is 14.5. The largest absolute Gasteiger partial charge is 0.370 e. The van der Waals surface area contributed by atoms with E-state index in [1.165, 1.54) is 12.1 Å². The number of fused-ring (bicyclic) bond motifs is 1. The minimum atomic E-state index is -0.546.